The first kappa shape index (κ1) is 92.4. The Balaban J connectivity index is 1.14. The van der Waals surface area contributed by atoms with Crippen molar-refractivity contribution in [3.63, 3.8) is 0 Å². The summed E-state index contributed by atoms with van der Waals surface area (Å²) in [5.74, 6) is -9.18. The number of aliphatic hydroxyl groups excluding tert-OH is 4. The molecule has 0 aromatic heterocycles. The summed E-state index contributed by atoms with van der Waals surface area (Å²) in [6, 6.07) is 4.92. The molecule has 4 saturated carbocycles. The number of benzene rings is 2. The highest BCUT2D eigenvalue weighted by Gasteiger charge is 2.68. The van der Waals surface area contributed by atoms with Gasteiger partial charge in [0.1, 0.15) is 53.9 Å². The van der Waals surface area contributed by atoms with Crippen LogP contribution < -0.4 is 58.1 Å². The first-order valence-corrected chi connectivity index (χ1v) is 39.8. The van der Waals surface area contributed by atoms with Gasteiger partial charge in [-0.15, -0.1) is 0 Å². The van der Waals surface area contributed by atoms with Gasteiger partial charge in [0, 0.05) is 45.1 Å². The first-order chi connectivity index (χ1) is 52.5. The summed E-state index contributed by atoms with van der Waals surface area (Å²) in [7, 11) is 4.05. The monoisotopic (exact) mass is 1570 g/mol. The van der Waals surface area contributed by atoms with Crippen LogP contribution in [0.1, 0.15) is 192 Å². The summed E-state index contributed by atoms with van der Waals surface area (Å²) in [5.41, 5.74) is 0.484. The van der Waals surface area contributed by atoms with E-state index in [1.54, 1.807) is 90.7 Å². The van der Waals surface area contributed by atoms with Crippen LogP contribution in [0.25, 0.3) is 0 Å². The minimum atomic E-state index is -1.69. The van der Waals surface area contributed by atoms with Gasteiger partial charge in [-0.05, 0) is 185 Å². The van der Waals surface area contributed by atoms with Crippen molar-refractivity contribution >= 4 is 76.9 Å². The van der Waals surface area contributed by atoms with Gasteiger partial charge in [-0.3, -0.25) is 47.9 Å². The molecule has 626 valence electrons. The lowest BCUT2D eigenvalue weighted by atomic mass is 9.39. The Morgan fingerprint density at radius 1 is 0.580 bits per heavy atom. The van der Waals surface area contributed by atoms with Gasteiger partial charge in [0.25, 0.3) is 0 Å². The number of carbonyl (C=O) groups excluding carboxylic acids is 12. The molecule has 4 aliphatic carbocycles. The van der Waals surface area contributed by atoms with Crippen LogP contribution in [0.4, 0.5) is 10.5 Å². The molecule has 0 saturated heterocycles. The summed E-state index contributed by atoms with van der Waals surface area (Å²) in [6.45, 7) is 24.0. The van der Waals surface area contributed by atoms with E-state index < -0.39 is 162 Å². The lowest BCUT2D eigenvalue weighted by Gasteiger charge is -2.67. The number of aliphatic hydroxyl groups is 4. The summed E-state index contributed by atoms with van der Waals surface area (Å²) < 4.78 is 15.0. The Labute approximate surface area is 660 Å². The van der Waals surface area contributed by atoms with Crippen LogP contribution in [0.15, 0.2) is 54.6 Å². The van der Waals surface area contributed by atoms with Crippen molar-refractivity contribution in [2.45, 2.75) is 266 Å². The van der Waals surface area contributed by atoms with Gasteiger partial charge in [-0.1, -0.05) is 112 Å². The van der Waals surface area contributed by atoms with E-state index >= 15 is 0 Å². The molecule has 6 rings (SSSR count). The molecule has 10 amide bonds. The van der Waals surface area contributed by atoms with Crippen molar-refractivity contribution in [2.75, 3.05) is 45.9 Å². The minimum absolute atomic E-state index is 0.0496. The zero-order valence-corrected chi connectivity index (χ0v) is 68.8. The number of amides is 10. The Morgan fingerprint density at radius 3 is 1.78 bits per heavy atom. The first-order valence-electron chi connectivity index (χ1n) is 39.8. The molecule has 0 heterocycles. The number of rotatable bonds is 38. The van der Waals surface area contributed by atoms with E-state index in [2.05, 4.69) is 80.9 Å². The zero-order chi connectivity index (χ0) is 83.5. The maximum atomic E-state index is 14.8. The molecule has 2 aromatic rings. The van der Waals surface area contributed by atoms with E-state index in [0.29, 0.717) is 36.9 Å². The van der Waals surface area contributed by atoms with Crippen molar-refractivity contribution in [3.8, 4) is 0 Å². The third-order valence-corrected chi connectivity index (χ3v) is 24.1. The topological polar surface area (TPSA) is 437 Å². The van der Waals surface area contributed by atoms with Gasteiger partial charge in [0.2, 0.25) is 53.2 Å². The van der Waals surface area contributed by atoms with E-state index in [0.717, 1.165) is 38.4 Å². The fraction of sp³-hybridized carbons (Fsp3) is 0.707. The van der Waals surface area contributed by atoms with Gasteiger partial charge < -0.3 is 92.7 Å². The number of methoxy groups -OCH3 is 2. The predicted molar refractivity (Wildman–Crippen MR) is 418 cm³/mol. The summed E-state index contributed by atoms with van der Waals surface area (Å²) in [4.78, 5) is 166. The molecule has 112 heavy (non-hydrogen) atoms. The van der Waals surface area contributed by atoms with Gasteiger partial charge >= 0.3 is 18.0 Å². The van der Waals surface area contributed by atoms with E-state index in [1.807, 2.05) is 38.1 Å². The number of fused-ring (bicyclic) bond motifs is 5. The molecule has 4 fully saturated rings. The standard InChI is InChI=1S/C82H129N11O19/c1-45(2)37-60(77(108)111-17)89-73(104)59(38-50-21-19-18-20-22-50)88-74(105)61(44-94)90-76(107)69(47(5)6)91-72(103)58(87-70(101)49(8)85-71(102)57(30-32-66(100)110-16)86-65(99)43-84-75(106)68(46(3)4)92-78(109)112-79(9,10)11)34-36-93(15)52-26-24-51(25-27-52)42-83-64(98)31-23-48(7)54-28-29-55-67-56(39-63(97)82(54,55)14)81(13)35-33-53(95)40-80(81,12)41-62(67)96/h18-22,24-27,45-49,53-63,67-69,94-97H,23,28-44H2,1-17H3,(H,83,98)(H,84,106)(H,85,102)(H,86,99)(H,87,101)(H,88,105)(H,89,104)(H,90,107)(H,91,103)(H,92,109)/t48-,49+,53-,54-,55+,56+,57+,58?,59+,60+,61+,62-,63+,67+,68+,69+,80+,81-,82-/m1/s1. The number of nitrogens with zero attached hydrogens (tertiary/aromatic N) is 1. The zero-order valence-electron chi connectivity index (χ0n) is 68.8. The van der Waals surface area contributed by atoms with Gasteiger partial charge in [-0.25, -0.2) is 9.59 Å². The molecule has 4 aliphatic rings. The van der Waals surface area contributed by atoms with Crippen molar-refractivity contribution < 1.29 is 92.2 Å². The molecule has 2 aromatic carbocycles. The average molecular weight is 1570 g/mol. The highest BCUT2D eigenvalue weighted by molar-refractivity contribution is 5.98. The molecule has 0 radical (unpaired) electrons. The number of nitrogens with one attached hydrogen (secondary N) is 10. The Morgan fingerprint density at radius 2 is 1.17 bits per heavy atom. The second-order valence-electron chi connectivity index (χ2n) is 34.5. The third-order valence-electron chi connectivity index (χ3n) is 24.1. The normalized spacial score (nSPS) is 25.0. The lowest BCUT2D eigenvalue weighted by molar-refractivity contribution is -0.233. The molecule has 30 nitrogen and oxygen atoms in total. The molecule has 0 spiro atoms. The highest BCUT2D eigenvalue weighted by Crippen LogP contribution is 2.71. The fourth-order valence-electron chi connectivity index (χ4n) is 17.5. The molecule has 0 bridgehead atoms. The second kappa shape index (κ2) is 41.0. The number of hydrogen-bond donors (Lipinski definition) is 14. The van der Waals surface area contributed by atoms with Crippen LogP contribution in [-0.4, -0.2) is 205 Å². The van der Waals surface area contributed by atoms with Crippen molar-refractivity contribution in [2.24, 2.45) is 63.6 Å². The summed E-state index contributed by atoms with van der Waals surface area (Å²) in [5, 5.41) is 71.7. The van der Waals surface area contributed by atoms with Crippen LogP contribution in [0.3, 0.4) is 0 Å². The molecule has 30 heteroatoms. The van der Waals surface area contributed by atoms with E-state index in [-0.39, 0.29) is 110 Å². The Bertz CT molecular complexity index is 3560. The lowest BCUT2D eigenvalue weighted by Crippen LogP contribution is -2.65. The molecule has 1 unspecified atom stereocenters. The molecular formula is C82H129N11O19. The number of alkyl carbamates (subject to hydrolysis) is 1. The largest absolute Gasteiger partial charge is 0.469 e. The van der Waals surface area contributed by atoms with Crippen LogP contribution in [0.5, 0.6) is 0 Å². The summed E-state index contributed by atoms with van der Waals surface area (Å²) in [6.07, 6.45) is 3.21. The molecule has 14 N–H and O–H groups in total. The average Bonchev–Trinajstić information content (AvgIpc) is 1.28. The predicted octanol–water partition coefficient (Wildman–Crippen LogP) is 4.04. The Kier molecular flexibility index (Phi) is 33.8. The number of ether oxygens (including phenoxy) is 3. The maximum absolute atomic E-state index is 14.8. The quantitative estimate of drug-likeness (QED) is 0.0333. The fourth-order valence-corrected chi connectivity index (χ4v) is 17.5. The SMILES string of the molecule is COC(=O)CC[C@H](NC(=O)CNC(=O)[C@@H](NC(=O)OC(C)(C)C)C(C)C)C(=O)N[C@@H](C)C(=O)NC(CCN(C)c1ccc(CNC(=O)CC[C@@H](C)[C@H]2CC[C@H]3[C@@H]4[C@H](O)C[C@]5(C)C[C@H](O)CC[C@]5(C)[C@H]4C[C@H](O)[C@]23C)cc1)C(=O)N[C@H](C(=O)N[C@@H](CO)C(=O)N[C@@H](Cc1ccccc1)C(=O)N[C@@H](CC(C)C)C(=O)OC)C(C)C. The van der Waals surface area contributed by atoms with Crippen LogP contribution in [0.2, 0.25) is 0 Å². The van der Waals surface area contributed by atoms with Crippen LogP contribution in [0, 0.1) is 63.6 Å². The molecular weight excluding hydrogens is 1440 g/mol. The molecule has 19 atom stereocenters. The number of carbonyl (C=O) groups is 12. The number of hydrogen-bond acceptors (Lipinski definition) is 20. The van der Waals surface area contributed by atoms with E-state index in [9.17, 15) is 78.0 Å². The molecule has 0 aliphatic heterocycles. The third kappa shape index (κ3) is 24.8. The maximum Gasteiger partial charge on any atom is 0.408 e. The van der Waals surface area contributed by atoms with Crippen LogP contribution >= 0.6 is 0 Å². The minimum Gasteiger partial charge on any atom is -0.469 e. The van der Waals surface area contributed by atoms with Crippen molar-refractivity contribution in [1.29, 1.82) is 0 Å². The van der Waals surface area contributed by atoms with Gasteiger partial charge in [-0.2, -0.15) is 0 Å². The van der Waals surface area contributed by atoms with Crippen molar-refractivity contribution in [3.05, 3.63) is 65.7 Å². The van der Waals surface area contributed by atoms with Crippen molar-refractivity contribution in [1.82, 2.24) is 53.2 Å². The smallest absolute Gasteiger partial charge is 0.408 e. The highest BCUT2D eigenvalue weighted by atomic mass is 16.6. The van der Waals surface area contributed by atoms with Gasteiger partial charge in [0.05, 0.1) is 45.7 Å². The van der Waals surface area contributed by atoms with Gasteiger partial charge in [0.15, 0.2) is 0 Å². The second-order valence-corrected chi connectivity index (χ2v) is 34.5. The summed E-state index contributed by atoms with van der Waals surface area (Å²) >= 11 is 0. The Hall–Kier alpha value is -8.48. The van der Waals surface area contributed by atoms with E-state index in [4.69, 9.17) is 14.2 Å². The number of esters is 2. The van der Waals surface area contributed by atoms with E-state index in [1.165, 1.54) is 14.0 Å². The number of anilines is 1. The van der Waals surface area contributed by atoms with Crippen LogP contribution in [-0.2, 0) is 79.9 Å².